The van der Waals surface area contributed by atoms with Crippen molar-refractivity contribution in [3.8, 4) is 0 Å². The molecule has 1 aromatic rings. The first-order chi connectivity index (χ1) is 5.93. The molecule has 0 aliphatic heterocycles. The van der Waals surface area contributed by atoms with Crippen LogP contribution in [0.1, 0.15) is 12.5 Å². The summed E-state index contributed by atoms with van der Waals surface area (Å²) >= 11 is 0. The van der Waals surface area contributed by atoms with Crippen molar-refractivity contribution < 1.29 is 0 Å². The van der Waals surface area contributed by atoms with Gasteiger partial charge in [0.25, 0.3) is 0 Å². The maximum absolute atomic E-state index is 4.22. The Bertz CT molecular complexity index is 260. The lowest BCUT2D eigenvalue weighted by Crippen LogP contribution is -1.79. The molecule has 0 saturated carbocycles. The lowest BCUT2D eigenvalue weighted by Gasteiger charge is -1.92. The van der Waals surface area contributed by atoms with Gasteiger partial charge in [-0.25, -0.2) is 0 Å². The minimum Gasteiger partial charge on any atom is -0.288 e. The van der Waals surface area contributed by atoms with Gasteiger partial charge in [0.2, 0.25) is 0 Å². The molecule has 0 bridgehead atoms. The van der Waals surface area contributed by atoms with Crippen LogP contribution in [0.5, 0.6) is 0 Å². The van der Waals surface area contributed by atoms with Crippen LogP contribution in [0.2, 0.25) is 0 Å². The zero-order valence-electron chi connectivity index (χ0n) is 7.27. The maximum Gasteiger partial charge on any atom is 0.0639 e. The third-order valence-corrected chi connectivity index (χ3v) is 1.50. The van der Waals surface area contributed by atoms with Crippen LogP contribution in [-0.4, -0.2) is 6.21 Å². The van der Waals surface area contributed by atoms with Crippen molar-refractivity contribution in [2.75, 3.05) is 0 Å². The molecule has 1 heteroatoms. The zero-order valence-corrected chi connectivity index (χ0v) is 7.27. The first kappa shape index (κ1) is 8.72. The molecule has 0 N–H and O–H groups in total. The molecule has 0 saturated heterocycles. The minimum atomic E-state index is 0.769. The second kappa shape index (κ2) is 5.30. The van der Waals surface area contributed by atoms with Gasteiger partial charge in [-0.15, -0.1) is 0 Å². The molecular formula is C11H13N. The Labute approximate surface area is 73.5 Å². The summed E-state index contributed by atoms with van der Waals surface area (Å²) in [6.45, 7) is 2.75. The molecule has 0 aliphatic carbocycles. The third-order valence-electron chi connectivity index (χ3n) is 1.50. The molecule has 0 amide bonds. The van der Waals surface area contributed by atoms with E-state index in [9.17, 15) is 0 Å². The molecule has 12 heavy (non-hydrogen) atoms. The van der Waals surface area contributed by atoms with Gasteiger partial charge >= 0.3 is 0 Å². The number of allylic oxidation sites excluding steroid dienone is 2. The molecule has 1 nitrogen and oxygen atoms in total. The molecule has 0 aromatic heterocycles. The van der Waals surface area contributed by atoms with E-state index in [-0.39, 0.29) is 0 Å². The number of hydrogen-bond acceptors (Lipinski definition) is 1. The highest BCUT2D eigenvalue weighted by Gasteiger charge is 1.84. The summed E-state index contributed by atoms with van der Waals surface area (Å²) in [5.74, 6) is 0. The van der Waals surface area contributed by atoms with Gasteiger partial charge in [0, 0.05) is 6.21 Å². The van der Waals surface area contributed by atoms with Crippen LogP contribution in [0.15, 0.2) is 47.5 Å². The number of rotatable bonds is 3. The summed E-state index contributed by atoms with van der Waals surface area (Å²) in [6, 6.07) is 10.2. The molecule has 1 rings (SSSR count). The van der Waals surface area contributed by atoms with E-state index in [1.54, 1.807) is 0 Å². The van der Waals surface area contributed by atoms with E-state index >= 15 is 0 Å². The monoisotopic (exact) mass is 159 g/mol. The Morgan fingerprint density at radius 3 is 2.67 bits per heavy atom. The SMILES string of the molecule is CC=CC=NCc1ccccc1. The van der Waals surface area contributed by atoms with E-state index in [1.165, 1.54) is 5.56 Å². The van der Waals surface area contributed by atoms with Gasteiger partial charge in [-0.05, 0) is 18.6 Å². The first-order valence-electron chi connectivity index (χ1n) is 4.08. The van der Waals surface area contributed by atoms with Gasteiger partial charge in [0.1, 0.15) is 0 Å². The zero-order chi connectivity index (χ0) is 8.65. The van der Waals surface area contributed by atoms with Crippen LogP contribution in [-0.2, 0) is 6.54 Å². The topological polar surface area (TPSA) is 12.4 Å². The highest BCUT2D eigenvalue weighted by molar-refractivity contribution is 5.70. The number of hydrogen-bond donors (Lipinski definition) is 0. The number of benzene rings is 1. The van der Waals surface area contributed by atoms with Crippen molar-refractivity contribution in [1.29, 1.82) is 0 Å². The molecule has 0 spiro atoms. The van der Waals surface area contributed by atoms with Crippen molar-refractivity contribution in [3.05, 3.63) is 48.0 Å². The normalized spacial score (nSPS) is 11.4. The second-order valence-electron chi connectivity index (χ2n) is 2.50. The minimum absolute atomic E-state index is 0.769. The molecular weight excluding hydrogens is 146 g/mol. The molecule has 0 atom stereocenters. The Kier molecular flexibility index (Phi) is 3.86. The van der Waals surface area contributed by atoms with E-state index in [4.69, 9.17) is 0 Å². The van der Waals surface area contributed by atoms with Crippen LogP contribution in [0.25, 0.3) is 0 Å². The van der Waals surface area contributed by atoms with Gasteiger partial charge in [0.05, 0.1) is 6.54 Å². The predicted octanol–water partition coefficient (Wildman–Crippen LogP) is 2.83. The lowest BCUT2D eigenvalue weighted by atomic mass is 10.2. The summed E-state index contributed by atoms with van der Waals surface area (Å²) in [6.07, 6.45) is 5.73. The summed E-state index contributed by atoms with van der Waals surface area (Å²) in [4.78, 5) is 4.22. The van der Waals surface area contributed by atoms with Gasteiger partial charge in [-0.1, -0.05) is 36.4 Å². The Morgan fingerprint density at radius 1 is 1.25 bits per heavy atom. The summed E-state index contributed by atoms with van der Waals surface area (Å²) in [5.41, 5.74) is 1.25. The lowest BCUT2D eigenvalue weighted by molar-refractivity contribution is 1.08. The smallest absolute Gasteiger partial charge is 0.0639 e. The van der Waals surface area contributed by atoms with E-state index in [1.807, 2.05) is 43.5 Å². The van der Waals surface area contributed by atoms with E-state index in [0.717, 1.165) is 6.54 Å². The molecule has 1 aromatic carbocycles. The molecule has 62 valence electrons. The van der Waals surface area contributed by atoms with Gasteiger partial charge in [-0.3, -0.25) is 4.99 Å². The van der Waals surface area contributed by atoms with Gasteiger partial charge < -0.3 is 0 Å². The summed E-state index contributed by atoms with van der Waals surface area (Å²) in [5, 5.41) is 0. The average molecular weight is 159 g/mol. The van der Waals surface area contributed by atoms with Crippen LogP contribution in [0.4, 0.5) is 0 Å². The van der Waals surface area contributed by atoms with E-state index in [0.29, 0.717) is 0 Å². The molecule has 0 fully saturated rings. The van der Waals surface area contributed by atoms with Crippen LogP contribution in [0, 0.1) is 0 Å². The van der Waals surface area contributed by atoms with Crippen molar-refractivity contribution in [2.24, 2.45) is 4.99 Å². The number of nitrogens with zero attached hydrogens (tertiary/aromatic N) is 1. The summed E-state index contributed by atoms with van der Waals surface area (Å²) < 4.78 is 0. The Morgan fingerprint density at radius 2 is 2.00 bits per heavy atom. The van der Waals surface area contributed by atoms with Gasteiger partial charge in [-0.2, -0.15) is 0 Å². The van der Waals surface area contributed by atoms with Crippen molar-refractivity contribution in [2.45, 2.75) is 13.5 Å². The fourth-order valence-electron chi connectivity index (χ4n) is 0.888. The maximum atomic E-state index is 4.22. The number of aliphatic imine (C=N–C) groups is 1. The average Bonchev–Trinajstić information content (AvgIpc) is 2.14. The molecule has 0 radical (unpaired) electrons. The highest BCUT2D eigenvalue weighted by atomic mass is 14.7. The molecule has 0 aliphatic rings. The van der Waals surface area contributed by atoms with Crippen molar-refractivity contribution in [3.63, 3.8) is 0 Å². The van der Waals surface area contributed by atoms with Crippen LogP contribution >= 0.6 is 0 Å². The summed E-state index contributed by atoms with van der Waals surface area (Å²) in [7, 11) is 0. The van der Waals surface area contributed by atoms with Crippen molar-refractivity contribution in [1.82, 2.24) is 0 Å². The van der Waals surface area contributed by atoms with E-state index in [2.05, 4.69) is 17.1 Å². The Hall–Kier alpha value is -1.37. The molecule has 0 heterocycles. The fourth-order valence-corrected chi connectivity index (χ4v) is 0.888. The predicted molar refractivity (Wildman–Crippen MR) is 53.5 cm³/mol. The van der Waals surface area contributed by atoms with E-state index < -0.39 is 0 Å². The van der Waals surface area contributed by atoms with Gasteiger partial charge in [0.15, 0.2) is 0 Å². The Balaban J connectivity index is 2.43. The van der Waals surface area contributed by atoms with Crippen LogP contribution in [0.3, 0.4) is 0 Å². The standard InChI is InChI=1S/C11H13N/c1-2-3-9-12-10-11-7-5-4-6-8-11/h2-9H,10H2,1H3. The highest BCUT2D eigenvalue weighted by Crippen LogP contribution is 1.98. The quantitative estimate of drug-likeness (QED) is 0.601. The fraction of sp³-hybridized carbons (Fsp3) is 0.182. The third kappa shape index (κ3) is 3.15. The van der Waals surface area contributed by atoms with Crippen LogP contribution < -0.4 is 0 Å². The largest absolute Gasteiger partial charge is 0.288 e. The molecule has 0 unspecified atom stereocenters. The second-order valence-corrected chi connectivity index (χ2v) is 2.50. The van der Waals surface area contributed by atoms with Crippen molar-refractivity contribution >= 4 is 6.21 Å². The first-order valence-corrected chi connectivity index (χ1v) is 4.08.